The molecule has 0 aliphatic heterocycles. The van der Waals surface area contributed by atoms with Crippen LogP contribution in [-0.2, 0) is 0 Å². The van der Waals surface area contributed by atoms with Gasteiger partial charge in [-0.25, -0.2) is 9.38 Å². The molecule has 13 heavy (non-hydrogen) atoms. The minimum absolute atomic E-state index is 0.100. The number of hydrogen-bond acceptors (Lipinski definition) is 1. The lowest BCUT2D eigenvalue weighted by molar-refractivity contribution is 0.627. The molecule has 0 aliphatic rings. The Morgan fingerprint density at radius 2 is 2.08 bits per heavy atom. The van der Waals surface area contributed by atoms with E-state index in [4.69, 9.17) is 23.1 Å². The third-order valence-electron chi connectivity index (χ3n) is 1.46. The summed E-state index contributed by atoms with van der Waals surface area (Å²) in [5, 5.41) is 0.200. The molecule has 0 unspecified atom stereocenters. The Morgan fingerprint density at radius 3 is 2.54 bits per heavy atom. The number of guanidine groups is 1. The number of halogens is 2. The van der Waals surface area contributed by atoms with E-state index >= 15 is 0 Å². The molecule has 5 heteroatoms. The number of aryl methyl sites for hydroxylation is 1. The highest BCUT2D eigenvalue weighted by Gasteiger charge is 2.05. The van der Waals surface area contributed by atoms with Gasteiger partial charge in [-0.2, -0.15) is 0 Å². The first-order chi connectivity index (χ1) is 6.00. The molecule has 0 saturated heterocycles. The van der Waals surface area contributed by atoms with Crippen LogP contribution in [0.3, 0.4) is 0 Å². The molecule has 0 fully saturated rings. The van der Waals surface area contributed by atoms with Gasteiger partial charge in [0.15, 0.2) is 5.96 Å². The van der Waals surface area contributed by atoms with Crippen molar-refractivity contribution in [3.8, 4) is 0 Å². The van der Waals surface area contributed by atoms with Crippen LogP contribution in [0, 0.1) is 12.7 Å². The number of nitrogens with zero attached hydrogens (tertiary/aromatic N) is 1. The number of aliphatic imine (C=N–C) groups is 1. The Balaban J connectivity index is 3.29. The molecular weight excluding hydrogens is 193 g/mol. The normalized spacial score (nSPS) is 9.77. The van der Waals surface area contributed by atoms with Crippen molar-refractivity contribution in [2.75, 3.05) is 0 Å². The van der Waals surface area contributed by atoms with E-state index in [-0.39, 0.29) is 11.0 Å². The number of nitrogens with two attached hydrogens (primary N) is 2. The van der Waals surface area contributed by atoms with Crippen molar-refractivity contribution in [3.05, 3.63) is 28.5 Å². The smallest absolute Gasteiger partial charge is 0.191 e. The van der Waals surface area contributed by atoms with Gasteiger partial charge in [0.25, 0.3) is 0 Å². The fraction of sp³-hybridized carbons (Fsp3) is 0.125. The highest BCUT2D eigenvalue weighted by molar-refractivity contribution is 6.33. The zero-order valence-electron chi connectivity index (χ0n) is 7.01. The zero-order chi connectivity index (χ0) is 10.0. The van der Waals surface area contributed by atoms with Gasteiger partial charge >= 0.3 is 0 Å². The van der Waals surface area contributed by atoms with Gasteiger partial charge in [-0.15, -0.1) is 0 Å². The topological polar surface area (TPSA) is 64.4 Å². The third kappa shape index (κ3) is 2.32. The van der Waals surface area contributed by atoms with Gasteiger partial charge in [0, 0.05) is 0 Å². The molecule has 1 rings (SSSR count). The molecule has 0 aliphatic carbocycles. The lowest BCUT2D eigenvalue weighted by Crippen LogP contribution is -2.22. The van der Waals surface area contributed by atoms with Crippen molar-refractivity contribution in [2.24, 2.45) is 16.5 Å². The fourth-order valence-corrected chi connectivity index (χ4v) is 1.26. The predicted octanol–water partition coefficient (Wildman–Crippen LogP) is 1.69. The maximum Gasteiger partial charge on any atom is 0.191 e. The first kappa shape index (κ1) is 9.80. The standard InChI is InChI=1S/C8H9ClFN3/c1-4-2-5(10)3-6(9)7(4)13-8(11)12/h2-3H,1H3,(H4,11,12,13). The van der Waals surface area contributed by atoms with Crippen LogP contribution in [0.5, 0.6) is 0 Å². The van der Waals surface area contributed by atoms with Gasteiger partial charge in [-0.05, 0) is 24.6 Å². The van der Waals surface area contributed by atoms with Crippen LogP contribution >= 0.6 is 11.6 Å². The Kier molecular flexibility index (Phi) is 2.72. The van der Waals surface area contributed by atoms with Gasteiger partial charge < -0.3 is 11.5 Å². The van der Waals surface area contributed by atoms with Crippen molar-refractivity contribution in [1.29, 1.82) is 0 Å². The lowest BCUT2D eigenvalue weighted by atomic mass is 10.2. The number of benzene rings is 1. The van der Waals surface area contributed by atoms with Crippen molar-refractivity contribution in [3.63, 3.8) is 0 Å². The molecule has 0 spiro atoms. The molecule has 3 nitrogen and oxygen atoms in total. The van der Waals surface area contributed by atoms with E-state index in [1.54, 1.807) is 6.92 Å². The largest absolute Gasteiger partial charge is 0.370 e. The molecule has 70 valence electrons. The SMILES string of the molecule is Cc1cc(F)cc(Cl)c1N=C(N)N. The molecule has 0 bridgehead atoms. The van der Waals surface area contributed by atoms with Gasteiger partial charge in [-0.1, -0.05) is 11.6 Å². The Hall–Kier alpha value is -1.29. The maximum absolute atomic E-state index is 12.8. The summed E-state index contributed by atoms with van der Waals surface area (Å²) in [5.74, 6) is -0.506. The molecule has 0 radical (unpaired) electrons. The van der Waals surface area contributed by atoms with E-state index in [0.717, 1.165) is 6.07 Å². The Bertz CT molecular complexity index is 335. The van der Waals surface area contributed by atoms with Crippen LogP contribution in [0.4, 0.5) is 10.1 Å². The summed E-state index contributed by atoms with van der Waals surface area (Å²) in [6.07, 6.45) is 0. The van der Waals surface area contributed by atoms with Crippen LogP contribution in [0.15, 0.2) is 17.1 Å². The third-order valence-corrected chi connectivity index (χ3v) is 1.75. The van der Waals surface area contributed by atoms with E-state index < -0.39 is 5.82 Å². The summed E-state index contributed by atoms with van der Waals surface area (Å²) >= 11 is 5.72. The van der Waals surface area contributed by atoms with Crippen LogP contribution in [-0.4, -0.2) is 5.96 Å². The minimum atomic E-state index is -0.406. The minimum Gasteiger partial charge on any atom is -0.370 e. The summed E-state index contributed by atoms with van der Waals surface area (Å²) < 4.78 is 12.8. The number of rotatable bonds is 1. The second kappa shape index (κ2) is 3.62. The van der Waals surface area contributed by atoms with E-state index in [0.29, 0.717) is 11.3 Å². The van der Waals surface area contributed by atoms with Crippen LogP contribution in [0.25, 0.3) is 0 Å². The summed E-state index contributed by atoms with van der Waals surface area (Å²) in [7, 11) is 0. The quantitative estimate of drug-likeness (QED) is 0.537. The second-order valence-electron chi connectivity index (χ2n) is 2.59. The monoisotopic (exact) mass is 201 g/mol. The highest BCUT2D eigenvalue weighted by atomic mass is 35.5. The maximum atomic E-state index is 12.8. The molecule has 4 N–H and O–H groups in total. The van der Waals surface area contributed by atoms with Crippen molar-refractivity contribution < 1.29 is 4.39 Å². The summed E-state index contributed by atoms with van der Waals surface area (Å²) in [4.78, 5) is 3.77. The molecule has 0 atom stereocenters. The van der Waals surface area contributed by atoms with Crippen LogP contribution in [0.1, 0.15) is 5.56 Å². The highest BCUT2D eigenvalue weighted by Crippen LogP contribution is 2.29. The summed E-state index contributed by atoms with van der Waals surface area (Å²) in [6, 6.07) is 2.48. The Morgan fingerprint density at radius 1 is 1.46 bits per heavy atom. The van der Waals surface area contributed by atoms with Crippen molar-refractivity contribution in [1.82, 2.24) is 0 Å². The molecule has 0 aromatic heterocycles. The van der Waals surface area contributed by atoms with Crippen LogP contribution < -0.4 is 11.5 Å². The van der Waals surface area contributed by atoms with Gasteiger partial charge in [0.2, 0.25) is 0 Å². The zero-order valence-corrected chi connectivity index (χ0v) is 7.77. The first-order valence-electron chi connectivity index (χ1n) is 3.56. The molecule has 1 aromatic carbocycles. The van der Waals surface area contributed by atoms with E-state index in [9.17, 15) is 4.39 Å². The summed E-state index contributed by atoms with van der Waals surface area (Å²) in [6.45, 7) is 1.68. The summed E-state index contributed by atoms with van der Waals surface area (Å²) in [5.41, 5.74) is 11.4. The molecule has 0 amide bonds. The van der Waals surface area contributed by atoms with E-state index in [1.807, 2.05) is 0 Å². The lowest BCUT2D eigenvalue weighted by Gasteiger charge is -2.03. The van der Waals surface area contributed by atoms with Crippen molar-refractivity contribution in [2.45, 2.75) is 6.92 Å². The fourth-order valence-electron chi connectivity index (χ4n) is 0.965. The van der Waals surface area contributed by atoms with Crippen LogP contribution in [0.2, 0.25) is 5.02 Å². The molecule has 0 saturated carbocycles. The first-order valence-corrected chi connectivity index (χ1v) is 3.94. The van der Waals surface area contributed by atoms with Gasteiger partial charge in [-0.3, -0.25) is 0 Å². The van der Waals surface area contributed by atoms with Gasteiger partial charge in [0.1, 0.15) is 5.82 Å². The Labute approximate surface area is 80.2 Å². The van der Waals surface area contributed by atoms with E-state index in [2.05, 4.69) is 4.99 Å². The average molecular weight is 202 g/mol. The number of hydrogen-bond donors (Lipinski definition) is 2. The van der Waals surface area contributed by atoms with Gasteiger partial charge in [0.05, 0.1) is 10.7 Å². The molecular formula is C8H9ClFN3. The average Bonchev–Trinajstić information content (AvgIpc) is 1.96. The predicted molar refractivity (Wildman–Crippen MR) is 51.6 cm³/mol. The molecule has 1 aromatic rings. The van der Waals surface area contributed by atoms with Crippen molar-refractivity contribution >= 4 is 23.2 Å². The molecule has 0 heterocycles. The van der Waals surface area contributed by atoms with E-state index in [1.165, 1.54) is 6.07 Å². The second-order valence-corrected chi connectivity index (χ2v) is 3.00.